The van der Waals surface area contributed by atoms with E-state index in [1.165, 1.54) is 12.8 Å². The van der Waals surface area contributed by atoms with E-state index in [0.29, 0.717) is 13.1 Å². The Hall–Kier alpha value is -0.940. The first kappa shape index (κ1) is 14.5. The summed E-state index contributed by atoms with van der Waals surface area (Å²) >= 11 is 1.59. The maximum atomic E-state index is 12.5. The van der Waals surface area contributed by atoms with Crippen LogP contribution >= 0.6 is 11.3 Å². The standard InChI is InChI=1S/C14H23N3OS/c1-11-12(19-10-17-11)8-16-13(18)14(9-15)6-4-2-3-5-7-14/h10H,2-9,15H2,1H3,(H,16,18). The number of carbonyl (C=O) groups excluding carboxylic acids is 1. The SMILES string of the molecule is Cc1ncsc1CNC(=O)C1(CN)CCCCCC1. The van der Waals surface area contributed by atoms with E-state index in [2.05, 4.69) is 10.3 Å². The minimum absolute atomic E-state index is 0.129. The lowest BCUT2D eigenvalue weighted by Crippen LogP contribution is -2.45. The number of carbonyl (C=O) groups is 1. The molecule has 3 N–H and O–H groups in total. The first-order valence-corrected chi connectivity index (χ1v) is 7.93. The van der Waals surface area contributed by atoms with Crippen molar-refractivity contribution in [1.82, 2.24) is 10.3 Å². The minimum atomic E-state index is -0.338. The Labute approximate surface area is 118 Å². The fourth-order valence-corrected chi connectivity index (χ4v) is 3.49. The molecule has 4 nitrogen and oxygen atoms in total. The van der Waals surface area contributed by atoms with Crippen LogP contribution < -0.4 is 11.1 Å². The van der Waals surface area contributed by atoms with Crippen LogP contribution in [0, 0.1) is 12.3 Å². The van der Waals surface area contributed by atoms with Gasteiger partial charge in [0.05, 0.1) is 23.2 Å². The third-order valence-electron chi connectivity index (χ3n) is 4.19. The van der Waals surface area contributed by atoms with Crippen molar-refractivity contribution >= 4 is 17.2 Å². The number of aryl methyl sites for hydroxylation is 1. The topological polar surface area (TPSA) is 68.0 Å². The predicted octanol–water partition coefficient (Wildman–Crippen LogP) is 2.37. The van der Waals surface area contributed by atoms with Crippen LogP contribution in [0.3, 0.4) is 0 Å². The average Bonchev–Trinajstić information content (AvgIpc) is 2.68. The lowest BCUT2D eigenvalue weighted by molar-refractivity contribution is -0.131. The normalized spacial score (nSPS) is 18.8. The molecular weight excluding hydrogens is 258 g/mol. The Morgan fingerprint density at radius 2 is 2.11 bits per heavy atom. The third-order valence-corrected chi connectivity index (χ3v) is 5.12. The van der Waals surface area contributed by atoms with E-state index in [0.717, 1.165) is 36.3 Å². The average molecular weight is 281 g/mol. The highest BCUT2D eigenvalue weighted by atomic mass is 32.1. The molecule has 1 aliphatic carbocycles. The van der Waals surface area contributed by atoms with Crippen LogP contribution in [0.15, 0.2) is 5.51 Å². The summed E-state index contributed by atoms with van der Waals surface area (Å²) in [6.45, 7) is 3.01. The van der Waals surface area contributed by atoms with Gasteiger partial charge >= 0.3 is 0 Å². The van der Waals surface area contributed by atoms with Crippen molar-refractivity contribution in [2.45, 2.75) is 52.0 Å². The molecule has 2 rings (SSSR count). The molecule has 19 heavy (non-hydrogen) atoms. The first-order valence-electron chi connectivity index (χ1n) is 7.05. The van der Waals surface area contributed by atoms with Crippen molar-refractivity contribution < 1.29 is 4.79 Å². The molecule has 1 heterocycles. The number of nitrogens with zero attached hydrogens (tertiary/aromatic N) is 1. The van der Waals surface area contributed by atoms with Crippen molar-refractivity contribution in [3.05, 3.63) is 16.1 Å². The Kier molecular flexibility index (Phi) is 4.93. The zero-order chi connectivity index (χ0) is 13.7. The number of nitrogens with two attached hydrogens (primary N) is 1. The van der Waals surface area contributed by atoms with E-state index in [9.17, 15) is 4.79 Å². The van der Waals surface area contributed by atoms with Gasteiger partial charge in [-0.25, -0.2) is 4.98 Å². The van der Waals surface area contributed by atoms with Crippen molar-refractivity contribution in [3.63, 3.8) is 0 Å². The van der Waals surface area contributed by atoms with Crippen molar-refractivity contribution in [3.8, 4) is 0 Å². The molecule has 106 valence electrons. The van der Waals surface area contributed by atoms with Crippen molar-refractivity contribution in [2.24, 2.45) is 11.1 Å². The number of rotatable bonds is 4. The summed E-state index contributed by atoms with van der Waals surface area (Å²) in [5, 5.41) is 3.07. The van der Waals surface area contributed by atoms with E-state index in [1.807, 2.05) is 12.4 Å². The zero-order valence-corrected chi connectivity index (χ0v) is 12.4. The molecule has 1 saturated carbocycles. The summed E-state index contributed by atoms with van der Waals surface area (Å²) in [6, 6.07) is 0. The minimum Gasteiger partial charge on any atom is -0.351 e. The summed E-state index contributed by atoms with van der Waals surface area (Å²) in [5.41, 5.74) is 8.41. The van der Waals surface area contributed by atoms with Gasteiger partial charge in [0.25, 0.3) is 0 Å². The van der Waals surface area contributed by atoms with Gasteiger partial charge in [-0.2, -0.15) is 0 Å². The molecule has 0 aliphatic heterocycles. The second-order valence-corrected chi connectivity index (χ2v) is 6.38. The van der Waals surface area contributed by atoms with Gasteiger partial charge in [0.1, 0.15) is 0 Å². The summed E-state index contributed by atoms with van der Waals surface area (Å²) < 4.78 is 0. The Morgan fingerprint density at radius 1 is 1.42 bits per heavy atom. The molecule has 0 bridgehead atoms. The Bertz CT molecular complexity index is 422. The molecule has 1 fully saturated rings. The predicted molar refractivity (Wildman–Crippen MR) is 77.9 cm³/mol. The van der Waals surface area contributed by atoms with E-state index in [1.54, 1.807) is 11.3 Å². The Morgan fingerprint density at radius 3 is 2.63 bits per heavy atom. The zero-order valence-electron chi connectivity index (χ0n) is 11.6. The largest absolute Gasteiger partial charge is 0.351 e. The van der Waals surface area contributed by atoms with Crippen LogP contribution in [-0.4, -0.2) is 17.4 Å². The van der Waals surface area contributed by atoms with E-state index < -0.39 is 0 Å². The van der Waals surface area contributed by atoms with E-state index in [-0.39, 0.29) is 11.3 Å². The van der Waals surface area contributed by atoms with Crippen LogP contribution in [0.4, 0.5) is 0 Å². The molecule has 0 aromatic carbocycles. The van der Waals surface area contributed by atoms with Gasteiger partial charge in [-0.1, -0.05) is 25.7 Å². The van der Waals surface area contributed by atoms with Crippen LogP contribution in [-0.2, 0) is 11.3 Å². The molecule has 0 atom stereocenters. The van der Waals surface area contributed by atoms with Crippen molar-refractivity contribution in [1.29, 1.82) is 0 Å². The number of amides is 1. The summed E-state index contributed by atoms with van der Waals surface area (Å²) in [5.74, 6) is 0.129. The highest BCUT2D eigenvalue weighted by molar-refractivity contribution is 7.09. The molecule has 0 saturated heterocycles. The fourth-order valence-electron chi connectivity index (χ4n) is 2.77. The van der Waals surface area contributed by atoms with Crippen LogP contribution in [0.5, 0.6) is 0 Å². The molecule has 1 aromatic rings. The molecule has 0 spiro atoms. The third kappa shape index (κ3) is 3.34. The number of hydrogen-bond donors (Lipinski definition) is 2. The monoisotopic (exact) mass is 281 g/mol. The highest BCUT2D eigenvalue weighted by Crippen LogP contribution is 2.34. The molecule has 0 unspecified atom stereocenters. The highest BCUT2D eigenvalue weighted by Gasteiger charge is 2.36. The van der Waals surface area contributed by atoms with Crippen LogP contribution in [0.2, 0.25) is 0 Å². The quantitative estimate of drug-likeness (QED) is 0.833. The maximum Gasteiger partial charge on any atom is 0.227 e. The first-order chi connectivity index (χ1) is 9.18. The molecule has 1 aliphatic rings. The lowest BCUT2D eigenvalue weighted by Gasteiger charge is -2.29. The fraction of sp³-hybridized carbons (Fsp3) is 0.714. The molecule has 5 heteroatoms. The molecule has 0 radical (unpaired) electrons. The molecular formula is C14H23N3OS. The van der Waals surface area contributed by atoms with Gasteiger partial charge in [0.2, 0.25) is 5.91 Å². The van der Waals surface area contributed by atoms with Crippen LogP contribution in [0.1, 0.15) is 49.1 Å². The van der Waals surface area contributed by atoms with Gasteiger partial charge in [0.15, 0.2) is 0 Å². The summed E-state index contributed by atoms with van der Waals surface area (Å²) in [6.07, 6.45) is 6.54. The number of aromatic nitrogens is 1. The van der Waals surface area contributed by atoms with Crippen LogP contribution in [0.25, 0.3) is 0 Å². The number of nitrogens with one attached hydrogen (secondary N) is 1. The summed E-state index contributed by atoms with van der Waals surface area (Å²) in [7, 11) is 0. The van der Waals surface area contributed by atoms with Crippen molar-refractivity contribution in [2.75, 3.05) is 6.54 Å². The Balaban J connectivity index is 1.98. The number of hydrogen-bond acceptors (Lipinski definition) is 4. The van der Waals surface area contributed by atoms with Gasteiger partial charge in [-0.05, 0) is 19.8 Å². The van der Waals surface area contributed by atoms with Gasteiger partial charge in [-0.3, -0.25) is 4.79 Å². The summed E-state index contributed by atoms with van der Waals surface area (Å²) in [4.78, 5) is 17.8. The number of thiazole rings is 1. The smallest absolute Gasteiger partial charge is 0.227 e. The van der Waals surface area contributed by atoms with E-state index >= 15 is 0 Å². The van der Waals surface area contributed by atoms with E-state index in [4.69, 9.17) is 5.73 Å². The maximum absolute atomic E-state index is 12.5. The molecule has 1 amide bonds. The second kappa shape index (κ2) is 6.48. The van der Waals surface area contributed by atoms with Gasteiger partial charge in [0, 0.05) is 11.4 Å². The van der Waals surface area contributed by atoms with Gasteiger partial charge < -0.3 is 11.1 Å². The second-order valence-electron chi connectivity index (χ2n) is 5.44. The molecule has 1 aromatic heterocycles. The lowest BCUT2D eigenvalue weighted by atomic mass is 9.79. The van der Waals surface area contributed by atoms with Gasteiger partial charge in [-0.15, -0.1) is 11.3 Å².